The molecule has 3 rings (SSSR count). The van der Waals surface area contributed by atoms with Crippen LogP contribution in [0.25, 0.3) is 11.0 Å². The number of H-pyrrole nitrogens is 1. The Kier molecular flexibility index (Phi) is 3.12. The number of amides is 1. The molecule has 3 aromatic rings. The third-order valence-corrected chi connectivity index (χ3v) is 3.02. The van der Waals surface area contributed by atoms with Crippen molar-refractivity contribution in [1.82, 2.24) is 25.3 Å². The molecule has 0 aliphatic carbocycles. The minimum absolute atomic E-state index is 0.194. The lowest BCUT2D eigenvalue weighted by Crippen LogP contribution is -2.27. The maximum Gasteiger partial charge on any atom is 0.254 e. The van der Waals surface area contributed by atoms with Crippen molar-refractivity contribution in [2.24, 2.45) is 0 Å². The van der Waals surface area contributed by atoms with Crippen molar-refractivity contribution < 1.29 is 4.79 Å². The summed E-state index contributed by atoms with van der Waals surface area (Å²) in [6, 6.07) is 5.16. The Morgan fingerprint density at radius 1 is 1.20 bits per heavy atom. The first kappa shape index (κ1) is 12.3. The standard InChI is InChI=1S/C14H13N5O/c1-9(13-17-7-8-18-13)19-14(20)10-3-2-4-11-12(10)16-6-5-15-11/h2-9H,1H3,(H,17,18)(H,19,20). The minimum atomic E-state index is -0.204. The summed E-state index contributed by atoms with van der Waals surface area (Å²) in [5.41, 5.74) is 1.80. The number of para-hydroxylation sites is 1. The molecule has 0 spiro atoms. The predicted octanol–water partition coefficient (Wildman–Crippen LogP) is 1.84. The number of imidazole rings is 1. The first-order chi connectivity index (χ1) is 9.75. The van der Waals surface area contributed by atoms with Gasteiger partial charge in [0.25, 0.3) is 5.91 Å². The van der Waals surface area contributed by atoms with Gasteiger partial charge < -0.3 is 10.3 Å². The Bertz CT molecular complexity index is 733. The number of aromatic nitrogens is 4. The summed E-state index contributed by atoms with van der Waals surface area (Å²) in [6.07, 6.45) is 6.56. The van der Waals surface area contributed by atoms with Gasteiger partial charge in [0, 0.05) is 24.8 Å². The molecular weight excluding hydrogens is 254 g/mol. The van der Waals surface area contributed by atoms with Gasteiger partial charge in [-0.15, -0.1) is 0 Å². The highest BCUT2D eigenvalue weighted by molar-refractivity contribution is 6.04. The van der Waals surface area contributed by atoms with E-state index in [0.717, 1.165) is 0 Å². The van der Waals surface area contributed by atoms with Crippen LogP contribution in [0, 0.1) is 0 Å². The van der Waals surface area contributed by atoms with Gasteiger partial charge in [0.15, 0.2) is 0 Å². The molecule has 0 aliphatic rings. The molecule has 6 heteroatoms. The molecule has 2 N–H and O–H groups in total. The van der Waals surface area contributed by atoms with E-state index in [0.29, 0.717) is 22.4 Å². The van der Waals surface area contributed by atoms with Gasteiger partial charge in [-0.3, -0.25) is 14.8 Å². The van der Waals surface area contributed by atoms with Crippen molar-refractivity contribution >= 4 is 16.9 Å². The van der Waals surface area contributed by atoms with Crippen molar-refractivity contribution in [1.29, 1.82) is 0 Å². The number of benzene rings is 1. The first-order valence-electron chi connectivity index (χ1n) is 6.25. The molecule has 0 aliphatic heterocycles. The van der Waals surface area contributed by atoms with E-state index in [1.165, 1.54) is 0 Å². The third-order valence-electron chi connectivity index (χ3n) is 3.02. The number of rotatable bonds is 3. The SMILES string of the molecule is CC(NC(=O)c1cccc2nccnc12)c1ncc[nH]1. The van der Waals surface area contributed by atoms with E-state index in [2.05, 4.69) is 25.3 Å². The lowest BCUT2D eigenvalue weighted by atomic mass is 10.1. The zero-order valence-corrected chi connectivity index (χ0v) is 10.9. The molecule has 6 nitrogen and oxygen atoms in total. The van der Waals surface area contributed by atoms with Crippen LogP contribution < -0.4 is 5.32 Å². The van der Waals surface area contributed by atoms with Crippen molar-refractivity contribution in [3.63, 3.8) is 0 Å². The highest BCUT2D eigenvalue weighted by atomic mass is 16.1. The van der Waals surface area contributed by atoms with Crippen LogP contribution in [0.15, 0.2) is 43.0 Å². The Labute approximate surface area is 115 Å². The monoisotopic (exact) mass is 267 g/mol. The van der Waals surface area contributed by atoms with Crippen LogP contribution in [0.2, 0.25) is 0 Å². The molecule has 100 valence electrons. The number of nitrogens with zero attached hydrogens (tertiary/aromatic N) is 3. The average Bonchev–Trinajstić information content (AvgIpc) is 3.01. The van der Waals surface area contributed by atoms with Gasteiger partial charge in [0.1, 0.15) is 11.3 Å². The number of nitrogens with one attached hydrogen (secondary N) is 2. The Hall–Kier alpha value is -2.76. The molecule has 1 atom stereocenters. The van der Waals surface area contributed by atoms with E-state index in [-0.39, 0.29) is 11.9 Å². The quantitative estimate of drug-likeness (QED) is 0.758. The Morgan fingerprint density at radius 2 is 2.05 bits per heavy atom. The summed E-state index contributed by atoms with van der Waals surface area (Å²) < 4.78 is 0. The highest BCUT2D eigenvalue weighted by Gasteiger charge is 2.15. The van der Waals surface area contributed by atoms with Gasteiger partial charge in [-0.1, -0.05) is 6.07 Å². The highest BCUT2D eigenvalue weighted by Crippen LogP contribution is 2.15. The maximum absolute atomic E-state index is 12.3. The summed E-state index contributed by atoms with van der Waals surface area (Å²) >= 11 is 0. The molecule has 2 heterocycles. The third kappa shape index (κ3) is 2.23. The molecule has 0 fully saturated rings. The van der Waals surface area contributed by atoms with Gasteiger partial charge in [-0.05, 0) is 19.1 Å². The van der Waals surface area contributed by atoms with Gasteiger partial charge >= 0.3 is 0 Å². The molecule has 1 amide bonds. The second-order valence-electron chi connectivity index (χ2n) is 4.40. The molecule has 20 heavy (non-hydrogen) atoms. The second kappa shape index (κ2) is 5.08. The molecule has 0 bridgehead atoms. The van der Waals surface area contributed by atoms with Crippen LogP contribution in [-0.2, 0) is 0 Å². The lowest BCUT2D eigenvalue weighted by Gasteiger charge is -2.12. The first-order valence-corrected chi connectivity index (χ1v) is 6.25. The van der Waals surface area contributed by atoms with Crippen LogP contribution in [0.4, 0.5) is 0 Å². The number of hydrogen-bond acceptors (Lipinski definition) is 4. The number of aromatic amines is 1. The van der Waals surface area contributed by atoms with E-state index < -0.39 is 0 Å². The smallest absolute Gasteiger partial charge is 0.254 e. The van der Waals surface area contributed by atoms with Crippen molar-refractivity contribution in [2.75, 3.05) is 0 Å². The molecular formula is C14H13N5O. The fraction of sp³-hybridized carbons (Fsp3) is 0.143. The summed E-state index contributed by atoms with van der Waals surface area (Å²) in [5, 5.41) is 2.89. The van der Waals surface area contributed by atoms with Gasteiger partial charge in [0.05, 0.1) is 17.1 Å². The van der Waals surface area contributed by atoms with E-state index in [1.54, 1.807) is 36.9 Å². The fourth-order valence-corrected chi connectivity index (χ4v) is 2.03. The van der Waals surface area contributed by atoms with Gasteiger partial charge in [-0.25, -0.2) is 4.98 Å². The summed E-state index contributed by atoms with van der Waals surface area (Å²) in [7, 11) is 0. The van der Waals surface area contributed by atoms with Crippen LogP contribution >= 0.6 is 0 Å². The second-order valence-corrected chi connectivity index (χ2v) is 4.40. The molecule has 1 unspecified atom stereocenters. The van der Waals surface area contributed by atoms with Crippen LogP contribution in [0.1, 0.15) is 29.1 Å². The van der Waals surface area contributed by atoms with Crippen LogP contribution in [-0.4, -0.2) is 25.8 Å². The summed E-state index contributed by atoms with van der Waals surface area (Å²) in [6.45, 7) is 1.87. The molecule has 1 aromatic carbocycles. The predicted molar refractivity (Wildman–Crippen MR) is 74.0 cm³/mol. The van der Waals surface area contributed by atoms with E-state index >= 15 is 0 Å². The molecule has 0 saturated carbocycles. The average molecular weight is 267 g/mol. The number of carbonyl (C=O) groups is 1. The lowest BCUT2D eigenvalue weighted by molar-refractivity contribution is 0.0940. The van der Waals surface area contributed by atoms with Crippen LogP contribution in [0.3, 0.4) is 0 Å². The normalized spacial score (nSPS) is 12.2. The zero-order chi connectivity index (χ0) is 13.9. The minimum Gasteiger partial charge on any atom is -0.347 e. The molecule has 2 aromatic heterocycles. The van der Waals surface area contributed by atoms with Crippen molar-refractivity contribution in [3.05, 3.63) is 54.4 Å². The van der Waals surface area contributed by atoms with E-state index in [1.807, 2.05) is 13.0 Å². The van der Waals surface area contributed by atoms with E-state index in [9.17, 15) is 4.79 Å². The number of carbonyl (C=O) groups excluding carboxylic acids is 1. The number of hydrogen-bond donors (Lipinski definition) is 2. The van der Waals surface area contributed by atoms with Gasteiger partial charge in [0.2, 0.25) is 0 Å². The Balaban J connectivity index is 1.89. The maximum atomic E-state index is 12.3. The Morgan fingerprint density at radius 3 is 2.85 bits per heavy atom. The summed E-state index contributed by atoms with van der Waals surface area (Å²) in [5.74, 6) is 0.518. The van der Waals surface area contributed by atoms with Gasteiger partial charge in [-0.2, -0.15) is 0 Å². The van der Waals surface area contributed by atoms with E-state index in [4.69, 9.17) is 0 Å². The molecule has 0 radical (unpaired) electrons. The van der Waals surface area contributed by atoms with Crippen molar-refractivity contribution in [3.8, 4) is 0 Å². The fourth-order valence-electron chi connectivity index (χ4n) is 2.03. The van der Waals surface area contributed by atoms with Crippen LogP contribution in [0.5, 0.6) is 0 Å². The topological polar surface area (TPSA) is 83.6 Å². The van der Waals surface area contributed by atoms with Crippen molar-refractivity contribution in [2.45, 2.75) is 13.0 Å². The largest absolute Gasteiger partial charge is 0.347 e. The zero-order valence-electron chi connectivity index (χ0n) is 10.9. The molecule has 0 saturated heterocycles. The number of fused-ring (bicyclic) bond motifs is 1. The summed E-state index contributed by atoms with van der Waals surface area (Å²) in [4.78, 5) is 27.9.